The SMILES string of the molecule is CC(C)(C)OC(=O)N1C2CCC1CN(c1nc(OCCN3C[C@@H]4C[C@H]3CO4)nc3c(F)c(-c4cc(O)cc5ccccc45)ncc13)C2. The topological polar surface area (TPSA) is 113 Å². The van der Waals surface area contributed by atoms with Gasteiger partial charge in [0.05, 0.1) is 30.2 Å². The number of likely N-dealkylation sites (tertiary alicyclic amines) is 1. The summed E-state index contributed by atoms with van der Waals surface area (Å²) in [6.45, 7) is 9.30. The van der Waals surface area contributed by atoms with Crippen molar-refractivity contribution in [3.8, 4) is 23.0 Å². The molecule has 0 spiro atoms. The van der Waals surface area contributed by atoms with Crippen LogP contribution in [0.4, 0.5) is 15.0 Å². The molecule has 8 rings (SSSR count). The zero-order chi connectivity index (χ0) is 32.4. The number of piperazine rings is 1. The molecule has 2 aromatic heterocycles. The number of carbonyl (C=O) groups excluding carboxylic acids is 1. The fourth-order valence-electron chi connectivity index (χ4n) is 7.70. The van der Waals surface area contributed by atoms with Crippen molar-refractivity contribution >= 4 is 33.6 Å². The predicted molar refractivity (Wildman–Crippen MR) is 174 cm³/mol. The van der Waals surface area contributed by atoms with E-state index in [4.69, 9.17) is 19.2 Å². The van der Waals surface area contributed by atoms with E-state index >= 15 is 4.39 Å². The van der Waals surface area contributed by atoms with Gasteiger partial charge < -0.3 is 24.2 Å². The molecule has 2 unspecified atom stereocenters. The van der Waals surface area contributed by atoms with E-state index in [0.29, 0.717) is 49.1 Å². The summed E-state index contributed by atoms with van der Waals surface area (Å²) in [5, 5.41) is 12.5. The van der Waals surface area contributed by atoms with E-state index < -0.39 is 11.4 Å². The number of hydrogen-bond acceptors (Lipinski definition) is 10. The second-order valence-electron chi connectivity index (χ2n) is 14.1. The van der Waals surface area contributed by atoms with Crippen LogP contribution in [-0.4, -0.2) is 105 Å². The molecule has 4 atom stereocenters. The zero-order valence-electron chi connectivity index (χ0n) is 26.9. The van der Waals surface area contributed by atoms with E-state index in [-0.39, 0.29) is 47.3 Å². The number of phenolic OH excluding ortho intramolecular Hbond substituents is 1. The van der Waals surface area contributed by atoms with Crippen molar-refractivity contribution in [1.82, 2.24) is 24.8 Å². The normalized spacial score (nSPS) is 24.1. The molecule has 12 heteroatoms. The first-order valence-corrected chi connectivity index (χ1v) is 16.4. The summed E-state index contributed by atoms with van der Waals surface area (Å²) in [7, 11) is 0. The number of nitrogens with zero attached hydrogens (tertiary/aromatic N) is 6. The number of rotatable bonds is 6. The predicted octanol–water partition coefficient (Wildman–Crippen LogP) is 5.13. The lowest BCUT2D eigenvalue weighted by Gasteiger charge is -2.42. The summed E-state index contributed by atoms with van der Waals surface area (Å²) in [5.74, 6) is -0.0686. The summed E-state index contributed by atoms with van der Waals surface area (Å²) in [4.78, 5) is 33.5. The number of carbonyl (C=O) groups is 1. The number of benzene rings is 2. The van der Waals surface area contributed by atoms with Crippen LogP contribution in [0.3, 0.4) is 0 Å². The van der Waals surface area contributed by atoms with Crippen LogP contribution in [0.2, 0.25) is 0 Å². The highest BCUT2D eigenvalue weighted by Crippen LogP contribution is 2.39. The maximum atomic E-state index is 16.7. The molecule has 6 heterocycles. The molecule has 1 amide bonds. The average molecular weight is 643 g/mol. The number of aromatic hydroxyl groups is 1. The minimum Gasteiger partial charge on any atom is -0.508 e. The van der Waals surface area contributed by atoms with Gasteiger partial charge in [0.2, 0.25) is 0 Å². The fraction of sp³-hybridized carbons (Fsp3) is 0.486. The van der Waals surface area contributed by atoms with Gasteiger partial charge >= 0.3 is 12.1 Å². The number of anilines is 1. The van der Waals surface area contributed by atoms with Crippen molar-refractivity contribution in [2.75, 3.05) is 44.3 Å². The number of fused-ring (bicyclic) bond motifs is 6. The van der Waals surface area contributed by atoms with E-state index in [1.165, 1.54) is 6.07 Å². The van der Waals surface area contributed by atoms with E-state index in [1.807, 2.05) is 49.9 Å². The summed E-state index contributed by atoms with van der Waals surface area (Å²) >= 11 is 0. The Morgan fingerprint density at radius 3 is 2.57 bits per heavy atom. The molecule has 47 heavy (non-hydrogen) atoms. The Bertz CT molecular complexity index is 1850. The lowest BCUT2D eigenvalue weighted by Crippen LogP contribution is -2.57. The van der Waals surface area contributed by atoms with Crippen molar-refractivity contribution in [3.05, 3.63) is 48.4 Å². The van der Waals surface area contributed by atoms with Gasteiger partial charge in [-0.1, -0.05) is 24.3 Å². The maximum Gasteiger partial charge on any atom is 0.410 e. The molecular weight excluding hydrogens is 603 g/mol. The molecule has 4 saturated heterocycles. The first-order chi connectivity index (χ1) is 22.6. The second-order valence-corrected chi connectivity index (χ2v) is 14.1. The third-order valence-corrected chi connectivity index (χ3v) is 9.75. The first kappa shape index (κ1) is 30.1. The Kier molecular flexibility index (Phi) is 7.32. The van der Waals surface area contributed by atoms with Gasteiger partial charge in [0.25, 0.3) is 0 Å². The Hall–Kier alpha value is -4.29. The van der Waals surface area contributed by atoms with E-state index in [0.717, 1.165) is 43.2 Å². The fourth-order valence-corrected chi connectivity index (χ4v) is 7.70. The smallest absolute Gasteiger partial charge is 0.410 e. The zero-order valence-corrected chi connectivity index (χ0v) is 26.9. The van der Waals surface area contributed by atoms with Gasteiger partial charge in [-0.25, -0.2) is 9.18 Å². The van der Waals surface area contributed by atoms with Crippen molar-refractivity contribution in [2.45, 2.75) is 69.9 Å². The highest BCUT2D eigenvalue weighted by atomic mass is 19.1. The molecule has 1 N–H and O–H groups in total. The molecule has 0 aliphatic carbocycles. The first-order valence-electron chi connectivity index (χ1n) is 16.4. The van der Waals surface area contributed by atoms with Gasteiger partial charge in [-0.15, -0.1) is 0 Å². The number of amides is 1. The third-order valence-electron chi connectivity index (χ3n) is 9.75. The Balaban J connectivity index is 1.15. The van der Waals surface area contributed by atoms with E-state index in [1.54, 1.807) is 12.3 Å². The van der Waals surface area contributed by atoms with E-state index in [2.05, 4.69) is 19.8 Å². The number of halogens is 1. The van der Waals surface area contributed by atoms with Gasteiger partial charge in [-0.05, 0) is 62.9 Å². The lowest BCUT2D eigenvalue weighted by atomic mass is 10.00. The molecule has 2 aromatic carbocycles. The van der Waals surface area contributed by atoms with Crippen LogP contribution in [0.5, 0.6) is 11.8 Å². The molecule has 246 valence electrons. The molecule has 0 radical (unpaired) electrons. The van der Waals surface area contributed by atoms with Crippen LogP contribution in [0, 0.1) is 5.82 Å². The molecule has 4 fully saturated rings. The minimum atomic E-state index is -0.615. The van der Waals surface area contributed by atoms with Gasteiger partial charge in [0.15, 0.2) is 5.82 Å². The van der Waals surface area contributed by atoms with Crippen LogP contribution in [0.15, 0.2) is 42.6 Å². The molecule has 4 aliphatic heterocycles. The van der Waals surface area contributed by atoms with Crippen molar-refractivity contribution < 1.29 is 28.5 Å². The van der Waals surface area contributed by atoms with Crippen molar-refractivity contribution in [3.63, 3.8) is 0 Å². The monoisotopic (exact) mass is 642 g/mol. The van der Waals surface area contributed by atoms with Crippen molar-refractivity contribution in [2.24, 2.45) is 0 Å². The summed E-state index contributed by atoms with van der Waals surface area (Å²) in [5.41, 5.74) is 0.0608. The highest BCUT2D eigenvalue weighted by molar-refractivity contribution is 6.00. The Morgan fingerprint density at radius 1 is 1.06 bits per heavy atom. The number of phenols is 1. The number of pyridine rings is 1. The summed E-state index contributed by atoms with van der Waals surface area (Å²) < 4.78 is 34.3. The maximum absolute atomic E-state index is 16.7. The molecule has 11 nitrogen and oxygen atoms in total. The van der Waals surface area contributed by atoms with Gasteiger partial charge in [-0.2, -0.15) is 9.97 Å². The second kappa shape index (κ2) is 11.4. The van der Waals surface area contributed by atoms with Crippen LogP contribution < -0.4 is 9.64 Å². The van der Waals surface area contributed by atoms with Crippen molar-refractivity contribution in [1.29, 1.82) is 0 Å². The Morgan fingerprint density at radius 2 is 1.85 bits per heavy atom. The minimum absolute atomic E-state index is 0.0201. The van der Waals surface area contributed by atoms with E-state index in [9.17, 15) is 9.90 Å². The quantitative estimate of drug-likeness (QED) is 0.304. The number of hydrogen-bond donors (Lipinski definition) is 1. The third kappa shape index (κ3) is 5.57. The average Bonchev–Trinajstić information content (AvgIpc) is 3.73. The molecule has 4 bridgehead atoms. The molecular formula is C35H39FN6O5. The standard InChI is InChI=1S/C35H39FN6O5/c1-35(2,3)47-34(44)42-21-8-9-22(42)17-41(16-21)32-28-15-37-30(27-14-24(43)12-20-6-4-5-7-26(20)27)29(36)31(28)38-33(39-32)45-11-10-40-18-25-13-23(40)19-46-25/h4-7,12,14-15,21-23,25,43H,8-11,13,16-19H2,1-3H3/t21?,22?,23-,25-/m0/s1. The summed E-state index contributed by atoms with van der Waals surface area (Å²) in [6, 6.07) is 11.0. The summed E-state index contributed by atoms with van der Waals surface area (Å²) in [6.07, 6.45) is 4.31. The number of morpholine rings is 1. The highest BCUT2D eigenvalue weighted by Gasteiger charge is 2.45. The largest absolute Gasteiger partial charge is 0.508 e. The van der Waals surface area contributed by atoms with Crippen LogP contribution in [-0.2, 0) is 9.47 Å². The van der Waals surface area contributed by atoms with Gasteiger partial charge in [-0.3, -0.25) is 14.8 Å². The van der Waals surface area contributed by atoms with Crippen LogP contribution in [0.1, 0.15) is 40.0 Å². The Labute approximate surface area is 272 Å². The molecule has 0 saturated carbocycles. The van der Waals surface area contributed by atoms with Gasteiger partial charge in [0.1, 0.15) is 35.0 Å². The lowest BCUT2D eigenvalue weighted by molar-refractivity contribution is 0.0122. The van der Waals surface area contributed by atoms with Crippen LogP contribution >= 0.6 is 0 Å². The van der Waals surface area contributed by atoms with Gasteiger partial charge in [0, 0.05) is 44.0 Å². The molecule has 4 aromatic rings. The molecule has 4 aliphatic rings. The number of aromatic nitrogens is 3. The number of ether oxygens (including phenoxy) is 3. The van der Waals surface area contributed by atoms with Crippen LogP contribution in [0.25, 0.3) is 32.9 Å².